The molecular formula is C32H28N4O2S. The first kappa shape index (κ1) is 24.7. The first-order valence-corrected chi connectivity index (χ1v) is 13.2. The number of aromatic nitrogens is 2. The van der Waals surface area contributed by atoms with Crippen LogP contribution in [0, 0.1) is 13.8 Å². The predicted molar refractivity (Wildman–Crippen MR) is 158 cm³/mol. The number of pyridine rings is 1. The van der Waals surface area contributed by atoms with Gasteiger partial charge in [0.2, 0.25) is 0 Å². The van der Waals surface area contributed by atoms with Crippen LogP contribution in [0.1, 0.15) is 34.7 Å². The number of anilines is 1. The van der Waals surface area contributed by atoms with Crippen molar-refractivity contribution in [1.29, 1.82) is 0 Å². The summed E-state index contributed by atoms with van der Waals surface area (Å²) in [4.78, 5) is 6.83. The number of ether oxygens (including phenoxy) is 1. The first-order chi connectivity index (χ1) is 19.0. The van der Waals surface area contributed by atoms with E-state index in [4.69, 9.17) is 17.0 Å². The van der Waals surface area contributed by atoms with E-state index in [0.717, 1.165) is 45.5 Å². The maximum Gasteiger partial charge on any atom is 0.174 e. The molecule has 0 radical (unpaired) electrons. The molecule has 6 nitrogen and oxygen atoms in total. The molecular weight excluding hydrogens is 504 g/mol. The zero-order valence-electron chi connectivity index (χ0n) is 21.7. The lowest BCUT2D eigenvalue weighted by Gasteiger charge is -2.28. The molecule has 2 N–H and O–H groups in total. The van der Waals surface area contributed by atoms with Crippen LogP contribution in [-0.4, -0.2) is 19.8 Å². The molecule has 0 spiro atoms. The molecule has 194 valence electrons. The summed E-state index contributed by atoms with van der Waals surface area (Å²) in [5, 5.41) is 14.8. The van der Waals surface area contributed by atoms with Gasteiger partial charge in [0.1, 0.15) is 17.2 Å². The lowest BCUT2D eigenvalue weighted by Crippen LogP contribution is -2.29. The Hall–Kier alpha value is -4.62. The number of para-hydroxylation sites is 3. The van der Waals surface area contributed by atoms with Gasteiger partial charge in [0.05, 0.1) is 23.5 Å². The highest BCUT2D eigenvalue weighted by molar-refractivity contribution is 7.80. The third kappa shape index (κ3) is 4.62. The molecule has 3 heterocycles. The Labute approximate surface area is 233 Å². The van der Waals surface area contributed by atoms with Gasteiger partial charge in [0, 0.05) is 23.3 Å². The fourth-order valence-corrected chi connectivity index (χ4v) is 5.71. The molecule has 1 aliphatic rings. The predicted octanol–water partition coefficient (Wildman–Crippen LogP) is 7.16. The van der Waals surface area contributed by atoms with E-state index < -0.39 is 0 Å². The molecule has 5 aromatic rings. The summed E-state index contributed by atoms with van der Waals surface area (Å²) in [5.41, 5.74) is 5.75. The Morgan fingerprint density at radius 3 is 2.26 bits per heavy atom. The van der Waals surface area contributed by atoms with Crippen molar-refractivity contribution in [3.63, 3.8) is 0 Å². The molecule has 6 rings (SSSR count). The maximum absolute atomic E-state index is 10.6. The Bertz CT molecular complexity index is 1620. The maximum atomic E-state index is 10.6. The number of rotatable bonds is 6. The van der Waals surface area contributed by atoms with Crippen LogP contribution < -0.4 is 15.0 Å². The van der Waals surface area contributed by atoms with E-state index in [0.29, 0.717) is 5.11 Å². The molecule has 1 saturated heterocycles. The summed E-state index contributed by atoms with van der Waals surface area (Å²) in [5.74, 6) is 1.77. The number of nitrogens with zero attached hydrogens (tertiary/aromatic N) is 3. The first-order valence-electron chi connectivity index (χ1n) is 12.8. The summed E-state index contributed by atoms with van der Waals surface area (Å²) < 4.78 is 8.11. The summed E-state index contributed by atoms with van der Waals surface area (Å²) in [6.07, 6.45) is 1.81. The van der Waals surface area contributed by atoms with Gasteiger partial charge < -0.3 is 24.6 Å². The van der Waals surface area contributed by atoms with Crippen molar-refractivity contribution in [2.24, 2.45) is 0 Å². The van der Waals surface area contributed by atoms with Crippen molar-refractivity contribution in [2.45, 2.75) is 25.9 Å². The van der Waals surface area contributed by atoms with Crippen LogP contribution in [0.4, 0.5) is 5.69 Å². The number of aromatic hydroxyl groups is 1. The molecule has 1 fully saturated rings. The molecule has 0 unspecified atom stereocenters. The number of aryl methyl sites for hydroxylation is 1. The lowest BCUT2D eigenvalue weighted by molar-refractivity contribution is 0.471. The average molecular weight is 533 g/mol. The van der Waals surface area contributed by atoms with Gasteiger partial charge in [0.25, 0.3) is 0 Å². The Balaban J connectivity index is 1.43. The second-order valence-corrected chi connectivity index (χ2v) is 9.94. The highest BCUT2D eigenvalue weighted by atomic mass is 32.1. The van der Waals surface area contributed by atoms with E-state index >= 15 is 0 Å². The molecule has 0 aliphatic carbocycles. The molecule has 0 bridgehead atoms. The lowest BCUT2D eigenvalue weighted by atomic mass is 9.96. The van der Waals surface area contributed by atoms with Crippen LogP contribution in [0.3, 0.4) is 0 Å². The molecule has 2 aromatic heterocycles. The molecule has 3 aromatic carbocycles. The molecule has 0 saturated carbocycles. The fourth-order valence-electron chi connectivity index (χ4n) is 5.36. The van der Waals surface area contributed by atoms with E-state index in [9.17, 15) is 5.11 Å². The number of phenols is 1. The Morgan fingerprint density at radius 2 is 1.54 bits per heavy atom. The number of nitrogens with one attached hydrogen (secondary N) is 1. The highest BCUT2D eigenvalue weighted by Gasteiger charge is 2.42. The van der Waals surface area contributed by atoms with Crippen LogP contribution >= 0.6 is 12.2 Å². The summed E-state index contributed by atoms with van der Waals surface area (Å²) in [7, 11) is 0. The van der Waals surface area contributed by atoms with Crippen LogP contribution in [0.2, 0.25) is 0 Å². The molecule has 1 aliphatic heterocycles. The summed E-state index contributed by atoms with van der Waals surface area (Å²) in [6, 6.07) is 32.9. The second kappa shape index (κ2) is 10.3. The summed E-state index contributed by atoms with van der Waals surface area (Å²) >= 11 is 5.92. The van der Waals surface area contributed by atoms with Crippen molar-refractivity contribution in [3.05, 3.63) is 132 Å². The number of thiocarbonyl (C=S) groups is 1. The molecule has 39 heavy (non-hydrogen) atoms. The van der Waals surface area contributed by atoms with E-state index in [1.54, 1.807) is 12.3 Å². The van der Waals surface area contributed by atoms with Crippen LogP contribution in [0.5, 0.6) is 17.2 Å². The highest BCUT2D eigenvalue weighted by Crippen LogP contribution is 2.44. The zero-order valence-corrected chi connectivity index (χ0v) is 22.5. The minimum atomic E-state index is -0.169. The second-order valence-electron chi connectivity index (χ2n) is 9.56. The number of hydrogen-bond donors (Lipinski definition) is 2. The van der Waals surface area contributed by atoms with E-state index in [-0.39, 0.29) is 17.8 Å². The minimum absolute atomic E-state index is 0.168. The van der Waals surface area contributed by atoms with Gasteiger partial charge in [-0.3, -0.25) is 4.98 Å². The van der Waals surface area contributed by atoms with E-state index in [1.165, 1.54) is 0 Å². The molecule has 7 heteroatoms. The van der Waals surface area contributed by atoms with Crippen molar-refractivity contribution in [2.75, 3.05) is 4.90 Å². The van der Waals surface area contributed by atoms with Gasteiger partial charge in [-0.1, -0.05) is 36.4 Å². The monoisotopic (exact) mass is 532 g/mol. The largest absolute Gasteiger partial charge is 0.506 e. The fraction of sp³-hybridized carbons (Fsp3) is 0.125. The topological polar surface area (TPSA) is 62.5 Å². The third-order valence-corrected chi connectivity index (χ3v) is 7.42. The minimum Gasteiger partial charge on any atom is -0.506 e. The van der Waals surface area contributed by atoms with Crippen molar-refractivity contribution < 1.29 is 9.84 Å². The van der Waals surface area contributed by atoms with Crippen LogP contribution in [0.15, 0.2) is 109 Å². The molecule has 0 amide bonds. The zero-order chi connectivity index (χ0) is 26.9. The van der Waals surface area contributed by atoms with Crippen molar-refractivity contribution >= 4 is 23.0 Å². The van der Waals surface area contributed by atoms with Gasteiger partial charge in [-0.2, -0.15) is 0 Å². The SMILES string of the molecule is Cc1cc([C@@H]2[C@@H](c3ccccn3)NC(=S)N2c2ccc(Oc3ccccc3)cc2)c(C)n1-c1ccccc1O. The van der Waals surface area contributed by atoms with Crippen LogP contribution in [-0.2, 0) is 0 Å². The normalized spacial score (nSPS) is 16.8. The van der Waals surface area contributed by atoms with Crippen LogP contribution in [0.25, 0.3) is 5.69 Å². The standard InChI is InChI=1S/C32H28N4O2S/c1-21-20-26(22(2)35(21)28-13-6-7-14-29(28)37)31-30(27-12-8-9-19-33-27)34-32(39)36(31)23-15-17-25(18-16-23)38-24-10-4-3-5-11-24/h3-20,30-31,37H,1-2H3,(H,34,39)/t30-,31-/m1/s1. The van der Waals surface area contributed by atoms with Gasteiger partial charge in [0.15, 0.2) is 5.11 Å². The van der Waals surface area contributed by atoms with Gasteiger partial charge in [-0.05, 0) is 98.4 Å². The van der Waals surface area contributed by atoms with Gasteiger partial charge in [-0.15, -0.1) is 0 Å². The summed E-state index contributed by atoms with van der Waals surface area (Å²) in [6.45, 7) is 4.14. The van der Waals surface area contributed by atoms with Crippen molar-refractivity contribution in [1.82, 2.24) is 14.9 Å². The molecule has 2 atom stereocenters. The van der Waals surface area contributed by atoms with Gasteiger partial charge >= 0.3 is 0 Å². The average Bonchev–Trinajstić information content (AvgIpc) is 3.45. The van der Waals surface area contributed by atoms with E-state index in [2.05, 4.69) is 39.7 Å². The third-order valence-electron chi connectivity index (χ3n) is 7.10. The van der Waals surface area contributed by atoms with Gasteiger partial charge in [-0.25, -0.2) is 0 Å². The number of phenolic OH excluding ortho intramolecular Hbond substituents is 1. The smallest absolute Gasteiger partial charge is 0.174 e. The quantitative estimate of drug-likeness (QED) is 0.226. The Morgan fingerprint density at radius 1 is 0.846 bits per heavy atom. The number of hydrogen-bond acceptors (Lipinski definition) is 4. The van der Waals surface area contributed by atoms with E-state index in [1.807, 2.05) is 91.0 Å². The Kier molecular flexibility index (Phi) is 6.50. The van der Waals surface area contributed by atoms with Crippen molar-refractivity contribution in [3.8, 4) is 22.9 Å². The number of benzene rings is 3.